The number of hydrogen-bond donors (Lipinski definition) is 0. The van der Waals surface area contributed by atoms with E-state index >= 15 is 0 Å². The Morgan fingerprint density at radius 2 is 1.60 bits per heavy atom. The standard InChI is InChI=1S/C5H9.2C2H5.In/c1-2-4-5-3-1;2*1-2;/h1H,2-5H2;2*1H2,2H3;. The van der Waals surface area contributed by atoms with Gasteiger partial charge in [-0.25, -0.2) is 0 Å². The second kappa shape index (κ2) is 4.69. The van der Waals surface area contributed by atoms with Gasteiger partial charge in [-0.2, -0.15) is 0 Å². The minimum absolute atomic E-state index is 0.904. The topological polar surface area (TPSA) is 0 Å². The Kier molecular flexibility index (Phi) is 4.20. The zero-order chi connectivity index (χ0) is 7.40. The van der Waals surface area contributed by atoms with Crippen LogP contribution in [0.25, 0.3) is 0 Å². The van der Waals surface area contributed by atoms with Crippen LogP contribution in [0.1, 0.15) is 39.5 Å². The summed E-state index contributed by atoms with van der Waals surface area (Å²) >= 11 is -0.904. The first kappa shape index (κ1) is 8.96. The molecular weight excluding hydrogens is 223 g/mol. The molecule has 1 aliphatic carbocycles. The van der Waals surface area contributed by atoms with Crippen molar-refractivity contribution in [1.29, 1.82) is 0 Å². The van der Waals surface area contributed by atoms with Gasteiger partial charge in [-0.15, -0.1) is 0 Å². The molecule has 0 nitrogen and oxygen atoms in total. The summed E-state index contributed by atoms with van der Waals surface area (Å²) in [4.78, 5) is 0. The van der Waals surface area contributed by atoms with E-state index in [1.54, 1.807) is 34.0 Å². The molecule has 10 heavy (non-hydrogen) atoms. The van der Waals surface area contributed by atoms with E-state index in [1.807, 2.05) is 0 Å². The Hall–Kier alpha value is 0.870. The van der Waals surface area contributed by atoms with E-state index in [2.05, 4.69) is 13.8 Å². The fraction of sp³-hybridized carbons (Fsp3) is 1.00. The van der Waals surface area contributed by atoms with E-state index in [9.17, 15) is 0 Å². The molecular formula is C9H19In. The van der Waals surface area contributed by atoms with E-state index in [0.29, 0.717) is 0 Å². The Labute approximate surface area is 72.9 Å². The molecule has 0 unspecified atom stereocenters. The van der Waals surface area contributed by atoms with Gasteiger partial charge in [0, 0.05) is 0 Å². The fourth-order valence-corrected chi connectivity index (χ4v) is 11.9. The molecule has 0 aromatic carbocycles. The molecule has 0 heterocycles. The van der Waals surface area contributed by atoms with E-state index in [0.717, 1.165) is 0 Å². The average Bonchev–Trinajstić information content (AvgIpc) is 2.43. The van der Waals surface area contributed by atoms with Gasteiger partial charge in [-0.3, -0.25) is 0 Å². The quantitative estimate of drug-likeness (QED) is 0.710. The van der Waals surface area contributed by atoms with Gasteiger partial charge in [0.15, 0.2) is 0 Å². The monoisotopic (exact) mass is 242 g/mol. The second-order valence-corrected chi connectivity index (χ2v) is 15.3. The molecule has 0 aliphatic heterocycles. The summed E-state index contributed by atoms with van der Waals surface area (Å²) in [7, 11) is 0. The van der Waals surface area contributed by atoms with Gasteiger partial charge in [0.2, 0.25) is 0 Å². The van der Waals surface area contributed by atoms with Gasteiger partial charge in [0.1, 0.15) is 0 Å². The molecule has 0 aromatic rings. The molecule has 1 rings (SSSR count). The zero-order valence-corrected chi connectivity index (χ0v) is 10.7. The molecule has 1 aliphatic rings. The van der Waals surface area contributed by atoms with Gasteiger partial charge in [0.25, 0.3) is 0 Å². The van der Waals surface area contributed by atoms with Crippen molar-refractivity contribution in [3.63, 3.8) is 0 Å². The van der Waals surface area contributed by atoms with E-state index < -0.39 is 21.4 Å². The Morgan fingerprint density at radius 1 is 1.10 bits per heavy atom. The van der Waals surface area contributed by atoms with Crippen LogP contribution < -0.4 is 0 Å². The molecule has 58 valence electrons. The normalized spacial score (nSPS) is 19.8. The number of rotatable bonds is 3. The molecule has 0 atom stereocenters. The summed E-state index contributed by atoms with van der Waals surface area (Å²) in [6.07, 6.45) is 6.33. The molecule has 0 bridgehead atoms. The summed E-state index contributed by atoms with van der Waals surface area (Å²) < 4.78 is 4.53. The van der Waals surface area contributed by atoms with Crippen molar-refractivity contribution < 1.29 is 0 Å². The van der Waals surface area contributed by atoms with Crippen molar-refractivity contribution in [3.05, 3.63) is 0 Å². The molecule has 1 heteroatoms. The molecule has 0 amide bonds. The van der Waals surface area contributed by atoms with E-state index in [1.165, 1.54) is 3.67 Å². The fourth-order valence-electron chi connectivity index (χ4n) is 2.38. The second-order valence-electron chi connectivity index (χ2n) is 3.62. The zero-order valence-electron chi connectivity index (χ0n) is 7.40. The van der Waals surface area contributed by atoms with Crippen molar-refractivity contribution in [2.24, 2.45) is 0 Å². The average molecular weight is 242 g/mol. The van der Waals surface area contributed by atoms with Crippen molar-refractivity contribution in [2.45, 2.75) is 51.6 Å². The third-order valence-electron chi connectivity index (χ3n) is 3.12. The molecule has 0 saturated heterocycles. The molecule has 1 saturated carbocycles. The number of hydrogen-bond acceptors (Lipinski definition) is 0. The van der Waals surface area contributed by atoms with Crippen molar-refractivity contribution in [1.82, 2.24) is 0 Å². The van der Waals surface area contributed by atoms with Gasteiger partial charge in [-0.05, 0) is 0 Å². The van der Waals surface area contributed by atoms with Gasteiger partial charge in [-0.1, -0.05) is 0 Å². The van der Waals surface area contributed by atoms with E-state index in [-0.39, 0.29) is 0 Å². The van der Waals surface area contributed by atoms with Crippen LogP contribution in [0.4, 0.5) is 0 Å². The van der Waals surface area contributed by atoms with Crippen LogP contribution in [0, 0.1) is 0 Å². The first-order valence-corrected chi connectivity index (χ1v) is 11.4. The van der Waals surface area contributed by atoms with Crippen LogP contribution in [0.15, 0.2) is 0 Å². The van der Waals surface area contributed by atoms with Crippen molar-refractivity contribution in [2.75, 3.05) is 0 Å². The first-order chi connectivity index (χ1) is 4.88. The summed E-state index contributed by atoms with van der Waals surface area (Å²) in [5, 5.41) is 0. The van der Waals surface area contributed by atoms with Crippen LogP contribution in [0.5, 0.6) is 0 Å². The summed E-state index contributed by atoms with van der Waals surface area (Å²) in [5.41, 5.74) is 0. The van der Waals surface area contributed by atoms with Crippen LogP contribution in [-0.4, -0.2) is 21.4 Å². The van der Waals surface area contributed by atoms with Gasteiger partial charge in [0.05, 0.1) is 0 Å². The maximum atomic E-state index is 2.43. The van der Waals surface area contributed by atoms with Crippen LogP contribution in [0.3, 0.4) is 0 Å². The van der Waals surface area contributed by atoms with Gasteiger partial charge >= 0.3 is 73.0 Å². The molecule has 0 spiro atoms. The van der Waals surface area contributed by atoms with Crippen molar-refractivity contribution in [3.8, 4) is 0 Å². The Morgan fingerprint density at radius 3 is 2.00 bits per heavy atom. The minimum atomic E-state index is -0.904. The van der Waals surface area contributed by atoms with E-state index in [4.69, 9.17) is 0 Å². The van der Waals surface area contributed by atoms with Crippen LogP contribution >= 0.6 is 0 Å². The molecule has 1 fully saturated rings. The molecule has 0 aromatic heterocycles. The Balaban J connectivity index is 2.29. The summed E-state index contributed by atoms with van der Waals surface area (Å²) in [5.74, 6) is 0. The third-order valence-corrected chi connectivity index (χ3v) is 14.8. The summed E-state index contributed by atoms with van der Waals surface area (Å²) in [6, 6.07) is 0. The molecule has 0 N–H and O–H groups in total. The van der Waals surface area contributed by atoms with Crippen molar-refractivity contribution >= 4 is 21.4 Å². The molecule has 0 radical (unpaired) electrons. The first-order valence-electron chi connectivity index (χ1n) is 4.88. The SMILES string of the molecule is C[CH2][In]([CH2]C)[CH]1CCCC1. The van der Waals surface area contributed by atoms with Gasteiger partial charge < -0.3 is 0 Å². The predicted molar refractivity (Wildman–Crippen MR) is 48.9 cm³/mol. The van der Waals surface area contributed by atoms with Crippen LogP contribution in [-0.2, 0) is 0 Å². The summed E-state index contributed by atoms with van der Waals surface area (Å²) in [6.45, 7) is 4.87. The Bertz CT molecular complexity index is 80.7. The predicted octanol–water partition coefficient (Wildman–Crippen LogP) is 3.47. The third kappa shape index (κ3) is 2.18. The van der Waals surface area contributed by atoms with Crippen LogP contribution in [0.2, 0.25) is 12.0 Å². The maximum absolute atomic E-state index is 2.43.